The first-order valence-electron chi connectivity index (χ1n) is 8.27. The van der Waals surface area contributed by atoms with E-state index < -0.39 is 53.4 Å². The summed E-state index contributed by atoms with van der Waals surface area (Å²) >= 11 is 0. The quantitative estimate of drug-likeness (QED) is 0.658. The second kappa shape index (κ2) is 9.03. The molecule has 2 aromatic carbocycles. The number of amides is 3. The van der Waals surface area contributed by atoms with Crippen molar-refractivity contribution in [3.8, 4) is 0 Å². The molecule has 2 rings (SSSR count). The maximum Gasteiger partial charge on any atom is 0.251 e. The molecule has 1 unspecified atom stereocenters. The Morgan fingerprint density at radius 2 is 1.75 bits per heavy atom. The average Bonchev–Trinajstić information content (AvgIpc) is 2.66. The molecule has 6 nitrogen and oxygen atoms in total. The normalized spacial score (nSPS) is 11.5. The summed E-state index contributed by atoms with van der Waals surface area (Å²) in [7, 11) is 0. The van der Waals surface area contributed by atoms with Crippen molar-refractivity contribution >= 4 is 23.4 Å². The van der Waals surface area contributed by atoms with E-state index in [9.17, 15) is 27.6 Å². The molecular weight excluding hydrogens is 375 g/mol. The minimum absolute atomic E-state index is 0.381. The second-order valence-electron chi connectivity index (χ2n) is 6.05. The lowest BCUT2D eigenvalue weighted by Gasteiger charge is -2.14. The van der Waals surface area contributed by atoms with Gasteiger partial charge >= 0.3 is 0 Å². The highest BCUT2D eigenvalue weighted by atomic mass is 19.2. The van der Waals surface area contributed by atoms with E-state index in [0.29, 0.717) is 11.6 Å². The van der Waals surface area contributed by atoms with Crippen LogP contribution in [-0.2, 0) is 9.59 Å². The van der Waals surface area contributed by atoms with Gasteiger partial charge < -0.3 is 16.0 Å². The van der Waals surface area contributed by atoms with E-state index in [-0.39, 0.29) is 0 Å². The van der Waals surface area contributed by atoms with Crippen molar-refractivity contribution in [2.45, 2.75) is 19.9 Å². The third kappa shape index (κ3) is 5.32. The van der Waals surface area contributed by atoms with Crippen LogP contribution in [0.25, 0.3) is 0 Å². The van der Waals surface area contributed by atoms with Gasteiger partial charge in [0, 0.05) is 5.56 Å². The van der Waals surface area contributed by atoms with Crippen molar-refractivity contribution in [3.63, 3.8) is 0 Å². The third-order valence-electron chi connectivity index (χ3n) is 3.75. The molecule has 0 aromatic heterocycles. The Bertz CT molecular complexity index is 919. The number of anilines is 1. The highest BCUT2D eigenvalue weighted by Crippen LogP contribution is 2.19. The zero-order valence-electron chi connectivity index (χ0n) is 15.1. The molecule has 3 N–H and O–H groups in total. The van der Waals surface area contributed by atoms with Crippen LogP contribution in [-0.4, -0.2) is 30.3 Å². The first kappa shape index (κ1) is 20.9. The monoisotopic (exact) mass is 393 g/mol. The summed E-state index contributed by atoms with van der Waals surface area (Å²) in [5.41, 5.74) is 0.705. The number of carbonyl (C=O) groups excluding carboxylic acids is 3. The van der Waals surface area contributed by atoms with Crippen LogP contribution in [0.2, 0.25) is 0 Å². The second-order valence-corrected chi connectivity index (χ2v) is 6.05. The van der Waals surface area contributed by atoms with Gasteiger partial charge in [-0.25, -0.2) is 13.2 Å². The Morgan fingerprint density at radius 3 is 2.43 bits per heavy atom. The topological polar surface area (TPSA) is 87.3 Å². The molecule has 0 aliphatic carbocycles. The molecule has 0 aliphatic heterocycles. The first-order valence-corrected chi connectivity index (χ1v) is 8.27. The Balaban J connectivity index is 1.86. The summed E-state index contributed by atoms with van der Waals surface area (Å²) in [6.07, 6.45) is 0. The van der Waals surface area contributed by atoms with Crippen LogP contribution in [0, 0.1) is 24.4 Å². The van der Waals surface area contributed by atoms with E-state index in [1.165, 1.54) is 6.92 Å². The molecule has 3 amide bonds. The largest absolute Gasteiger partial charge is 0.345 e. The van der Waals surface area contributed by atoms with Gasteiger partial charge in [0.25, 0.3) is 5.91 Å². The van der Waals surface area contributed by atoms with Gasteiger partial charge in [0.05, 0.1) is 12.2 Å². The molecule has 9 heteroatoms. The summed E-state index contributed by atoms with van der Waals surface area (Å²) in [5.74, 6) is -6.60. The fourth-order valence-corrected chi connectivity index (χ4v) is 2.27. The van der Waals surface area contributed by atoms with Crippen LogP contribution in [0.3, 0.4) is 0 Å². The number of carbonyl (C=O) groups is 3. The van der Waals surface area contributed by atoms with E-state index in [4.69, 9.17) is 0 Å². The third-order valence-corrected chi connectivity index (χ3v) is 3.75. The Labute approximate surface area is 159 Å². The van der Waals surface area contributed by atoms with Crippen LogP contribution >= 0.6 is 0 Å². The Hall–Kier alpha value is -3.36. The average molecular weight is 393 g/mol. The van der Waals surface area contributed by atoms with Crippen LogP contribution in [0.4, 0.5) is 18.9 Å². The highest BCUT2D eigenvalue weighted by Gasteiger charge is 2.19. The van der Waals surface area contributed by atoms with Crippen molar-refractivity contribution in [1.29, 1.82) is 0 Å². The smallest absolute Gasteiger partial charge is 0.251 e. The summed E-state index contributed by atoms with van der Waals surface area (Å²) in [6, 6.07) is 7.35. The molecule has 0 saturated carbocycles. The van der Waals surface area contributed by atoms with Gasteiger partial charge in [-0.2, -0.15) is 0 Å². The number of benzene rings is 2. The SMILES string of the molecule is Cc1cccc(C(=O)NC(C)C(=O)NCC(=O)Nc2ccc(F)c(F)c2F)c1. The van der Waals surface area contributed by atoms with Crippen molar-refractivity contribution in [3.05, 3.63) is 65.0 Å². The molecule has 0 fully saturated rings. The maximum absolute atomic E-state index is 13.5. The van der Waals surface area contributed by atoms with Crippen molar-refractivity contribution < 1.29 is 27.6 Å². The first-order chi connectivity index (χ1) is 13.2. The lowest BCUT2D eigenvalue weighted by Crippen LogP contribution is -2.46. The number of hydrogen-bond donors (Lipinski definition) is 3. The van der Waals surface area contributed by atoms with E-state index in [1.54, 1.807) is 18.2 Å². The standard InChI is InChI=1S/C19H18F3N3O3/c1-10-4-3-5-12(8-10)19(28)24-11(2)18(27)23-9-15(26)25-14-7-6-13(20)16(21)17(14)22/h3-8,11H,9H2,1-2H3,(H,23,27)(H,24,28)(H,25,26). The van der Waals surface area contributed by atoms with E-state index >= 15 is 0 Å². The molecule has 2 aromatic rings. The molecule has 1 atom stereocenters. The Kier molecular flexibility index (Phi) is 6.75. The highest BCUT2D eigenvalue weighted by molar-refractivity contribution is 5.99. The van der Waals surface area contributed by atoms with Gasteiger partial charge in [0.1, 0.15) is 6.04 Å². The molecule has 0 heterocycles. The minimum Gasteiger partial charge on any atom is -0.345 e. The van der Waals surface area contributed by atoms with E-state index in [2.05, 4.69) is 10.6 Å². The van der Waals surface area contributed by atoms with Gasteiger partial charge in [-0.3, -0.25) is 14.4 Å². The molecule has 0 bridgehead atoms. The summed E-state index contributed by atoms with van der Waals surface area (Å²) in [5, 5.41) is 6.77. The van der Waals surface area contributed by atoms with Gasteiger partial charge in [-0.1, -0.05) is 17.7 Å². The Morgan fingerprint density at radius 1 is 1.04 bits per heavy atom. The predicted molar refractivity (Wildman–Crippen MR) is 96.1 cm³/mol. The molecule has 0 spiro atoms. The maximum atomic E-state index is 13.5. The van der Waals surface area contributed by atoms with Crippen LogP contribution in [0.1, 0.15) is 22.8 Å². The fourth-order valence-electron chi connectivity index (χ4n) is 2.27. The van der Waals surface area contributed by atoms with Gasteiger partial charge in [0.15, 0.2) is 17.5 Å². The van der Waals surface area contributed by atoms with Crippen LogP contribution < -0.4 is 16.0 Å². The van der Waals surface area contributed by atoms with Crippen LogP contribution in [0.15, 0.2) is 36.4 Å². The summed E-state index contributed by atoms with van der Waals surface area (Å²) in [4.78, 5) is 35.9. The predicted octanol–water partition coefficient (Wildman–Crippen LogP) is 2.29. The van der Waals surface area contributed by atoms with E-state index in [1.807, 2.05) is 18.3 Å². The molecule has 0 radical (unpaired) electrons. The summed E-state index contributed by atoms with van der Waals surface area (Å²) < 4.78 is 39.5. The minimum atomic E-state index is -1.71. The fraction of sp³-hybridized carbons (Fsp3) is 0.211. The lowest BCUT2D eigenvalue weighted by atomic mass is 10.1. The van der Waals surface area contributed by atoms with E-state index in [0.717, 1.165) is 11.6 Å². The number of aryl methyl sites for hydroxylation is 1. The number of hydrogen-bond acceptors (Lipinski definition) is 3. The molecule has 0 aliphatic rings. The van der Waals surface area contributed by atoms with Gasteiger partial charge in [-0.15, -0.1) is 0 Å². The van der Waals surface area contributed by atoms with Gasteiger partial charge in [0.2, 0.25) is 11.8 Å². The number of rotatable bonds is 6. The van der Waals surface area contributed by atoms with Crippen LogP contribution in [0.5, 0.6) is 0 Å². The molecule has 0 saturated heterocycles. The van der Waals surface area contributed by atoms with Crippen molar-refractivity contribution in [1.82, 2.24) is 10.6 Å². The number of halogens is 3. The summed E-state index contributed by atoms with van der Waals surface area (Å²) in [6.45, 7) is 2.69. The van der Waals surface area contributed by atoms with Crippen molar-refractivity contribution in [2.24, 2.45) is 0 Å². The zero-order valence-corrected chi connectivity index (χ0v) is 15.1. The van der Waals surface area contributed by atoms with Crippen molar-refractivity contribution in [2.75, 3.05) is 11.9 Å². The molecule has 28 heavy (non-hydrogen) atoms. The zero-order chi connectivity index (χ0) is 20.8. The lowest BCUT2D eigenvalue weighted by molar-refractivity contribution is -0.125. The number of nitrogens with one attached hydrogen (secondary N) is 3. The van der Waals surface area contributed by atoms with Gasteiger partial charge in [-0.05, 0) is 38.1 Å². The molecule has 148 valence electrons. The molecular formula is C19H18F3N3O3.